The highest BCUT2D eigenvalue weighted by molar-refractivity contribution is 7.91. The Bertz CT molecular complexity index is 1190. The maximum Gasteiger partial charge on any atom is 0.211 e. The van der Waals surface area contributed by atoms with Gasteiger partial charge in [0.2, 0.25) is 4.80 Å². The Hall–Kier alpha value is -2.32. The average Bonchev–Trinajstić information content (AvgIpc) is 2.90. The molecule has 1 aliphatic rings. The van der Waals surface area contributed by atoms with Crippen molar-refractivity contribution in [2.24, 2.45) is 17.3 Å². The zero-order chi connectivity index (χ0) is 17.6. The first kappa shape index (κ1) is 16.2. The molecule has 1 aliphatic heterocycles. The molecule has 0 aliphatic carbocycles. The fourth-order valence-corrected chi connectivity index (χ4v) is 5.30. The molecule has 1 aromatic heterocycles. The van der Waals surface area contributed by atoms with E-state index in [1.807, 2.05) is 35.9 Å². The third-order valence-electron chi connectivity index (χ3n) is 4.17. The molecular formula is C17H14FN3O2S2. The van der Waals surface area contributed by atoms with Crippen LogP contribution in [0.1, 0.15) is 12.0 Å². The molecule has 25 heavy (non-hydrogen) atoms. The predicted octanol–water partition coefficient (Wildman–Crippen LogP) is 2.86. The summed E-state index contributed by atoms with van der Waals surface area (Å²) in [4.78, 5) is 0.815. The quantitative estimate of drug-likeness (QED) is 0.485. The van der Waals surface area contributed by atoms with E-state index in [0.717, 1.165) is 16.3 Å². The van der Waals surface area contributed by atoms with Gasteiger partial charge in [-0.05, 0) is 30.3 Å². The molecule has 0 saturated carbocycles. The molecule has 0 radical (unpaired) electrons. The van der Waals surface area contributed by atoms with Crippen LogP contribution in [-0.4, -0.2) is 24.4 Å². The van der Waals surface area contributed by atoms with Crippen LogP contribution in [0.15, 0.2) is 57.6 Å². The SMILES string of the molecule is Cn1/c(=N/N=C2\CCS(=O)(=O)c3ccc(F)cc32)sc2ccccc21. The minimum atomic E-state index is -3.40. The van der Waals surface area contributed by atoms with Gasteiger partial charge >= 0.3 is 0 Å². The van der Waals surface area contributed by atoms with Crippen LogP contribution in [0.5, 0.6) is 0 Å². The summed E-state index contributed by atoms with van der Waals surface area (Å²) in [6, 6.07) is 11.6. The first-order valence-corrected chi connectivity index (χ1v) is 10.1. The number of benzene rings is 2. The van der Waals surface area contributed by atoms with Gasteiger partial charge in [-0.25, -0.2) is 12.8 Å². The number of rotatable bonds is 1. The lowest BCUT2D eigenvalue weighted by Gasteiger charge is -2.17. The average molecular weight is 375 g/mol. The molecule has 0 N–H and O–H groups in total. The Morgan fingerprint density at radius 1 is 1.16 bits per heavy atom. The molecule has 3 aromatic rings. The van der Waals surface area contributed by atoms with Crippen molar-refractivity contribution in [3.05, 3.63) is 58.6 Å². The number of aromatic nitrogens is 1. The summed E-state index contributed by atoms with van der Waals surface area (Å²) in [5.74, 6) is -0.533. The van der Waals surface area contributed by atoms with E-state index in [1.165, 1.54) is 23.5 Å². The van der Waals surface area contributed by atoms with E-state index in [-0.39, 0.29) is 17.1 Å². The highest BCUT2D eigenvalue weighted by Crippen LogP contribution is 2.26. The summed E-state index contributed by atoms with van der Waals surface area (Å²) in [5, 5.41) is 8.55. The number of hydrogen-bond donors (Lipinski definition) is 0. The molecule has 0 fully saturated rings. The van der Waals surface area contributed by atoms with Crippen LogP contribution in [0, 0.1) is 5.82 Å². The lowest BCUT2D eigenvalue weighted by Crippen LogP contribution is -2.22. The summed E-state index contributed by atoms with van der Waals surface area (Å²) < 4.78 is 40.9. The van der Waals surface area contributed by atoms with Crippen LogP contribution in [0.4, 0.5) is 4.39 Å². The molecule has 0 atom stereocenters. The largest absolute Gasteiger partial charge is 0.318 e. The zero-order valence-corrected chi connectivity index (χ0v) is 14.9. The van der Waals surface area contributed by atoms with Gasteiger partial charge in [-0.15, -0.1) is 5.10 Å². The maximum absolute atomic E-state index is 13.6. The van der Waals surface area contributed by atoms with Gasteiger partial charge in [0.15, 0.2) is 9.84 Å². The van der Waals surface area contributed by atoms with Crippen molar-refractivity contribution in [3.8, 4) is 0 Å². The van der Waals surface area contributed by atoms with Crippen LogP contribution in [-0.2, 0) is 16.9 Å². The monoisotopic (exact) mass is 375 g/mol. The highest BCUT2D eigenvalue weighted by Gasteiger charge is 2.28. The summed E-state index contributed by atoms with van der Waals surface area (Å²) in [6.07, 6.45) is 0.219. The molecule has 0 amide bonds. The number of aryl methyl sites for hydroxylation is 1. The standard InChI is InChI=1S/C17H14FN3O2S2/c1-21-14-4-2-3-5-15(14)24-17(21)20-19-13-8-9-25(22,23)16-7-6-11(18)10-12(13)16/h2-7,10H,8-9H2,1H3/b19-13+,20-17-. The van der Waals surface area contributed by atoms with Gasteiger partial charge in [0, 0.05) is 19.0 Å². The van der Waals surface area contributed by atoms with Gasteiger partial charge in [0.05, 0.1) is 26.6 Å². The minimum Gasteiger partial charge on any atom is -0.318 e. The second-order valence-electron chi connectivity index (χ2n) is 5.77. The van der Waals surface area contributed by atoms with Gasteiger partial charge in [0.25, 0.3) is 0 Å². The number of hydrogen-bond acceptors (Lipinski definition) is 5. The fraction of sp³-hybridized carbons (Fsp3) is 0.176. The van der Waals surface area contributed by atoms with Gasteiger partial charge in [-0.1, -0.05) is 23.5 Å². The van der Waals surface area contributed by atoms with E-state index >= 15 is 0 Å². The maximum atomic E-state index is 13.6. The van der Waals surface area contributed by atoms with E-state index in [9.17, 15) is 12.8 Å². The second kappa shape index (κ2) is 5.89. The molecule has 2 heterocycles. The van der Waals surface area contributed by atoms with Crippen molar-refractivity contribution in [2.75, 3.05) is 5.75 Å². The molecular weight excluding hydrogens is 361 g/mol. The molecule has 0 saturated heterocycles. The van der Waals surface area contributed by atoms with Gasteiger partial charge in [-0.2, -0.15) is 5.10 Å². The lowest BCUT2D eigenvalue weighted by atomic mass is 10.1. The molecule has 128 valence electrons. The number of para-hydroxylation sites is 1. The van der Waals surface area contributed by atoms with E-state index in [4.69, 9.17) is 0 Å². The van der Waals surface area contributed by atoms with Crippen LogP contribution in [0.3, 0.4) is 0 Å². The van der Waals surface area contributed by atoms with Gasteiger partial charge in [-0.3, -0.25) is 0 Å². The lowest BCUT2D eigenvalue weighted by molar-refractivity contribution is 0.592. The van der Waals surface area contributed by atoms with E-state index < -0.39 is 15.7 Å². The highest BCUT2D eigenvalue weighted by atomic mass is 32.2. The van der Waals surface area contributed by atoms with Crippen molar-refractivity contribution in [2.45, 2.75) is 11.3 Å². The smallest absolute Gasteiger partial charge is 0.211 e. The molecule has 4 rings (SSSR count). The molecule has 2 aromatic carbocycles. The summed E-state index contributed by atoms with van der Waals surface area (Å²) in [5.41, 5.74) is 1.84. The Labute approximate surface area is 147 Å². The Morgan fingerprint density at radius 2 is 1.96 bits per heavy atom. The number of nitrogens with zero attached hydrogens (tertiary/aromatic N) is 3. The normalized spacial score (nSPS) is 18.6. The summed E-state index contributed by atoms with van der Waals surface area (Å²) >= 11 is 1.49. The fourth-order valence-electron chi connectivity index (χ4n) is 2.86. The van der Waals surface area contributed by atoms with E-state index in [1.54, 1.807) is 0 Å². The molecule has 0 unspecified atom stereocenters. The number of sulfone groups is 1. The summed E-state index contributed by atoms with van der Waals surface area (Å²) in [6.45, 7) is 0. The van der Waals surface area contributed by atoms with Gasteiger partial charge in [0.1, 0.15) is 5.82 Å². The Morgan fingerprint density at radius 3 is 2.76 bits per heavy atom. The van der Waals surface area contributed by atoms with Crippen LogP contribution >= 0.6 is 11.3 Å². The third-order valence-corrected chi connectivity index (χ3v) is 7.04. The number of halogens is 1. The van der Waals surface area contributed by atoms with Crippen LogP contribution in [0.2, 0.25) is 0 Å². The van der Waals surface area contributed by atoms with Crippen molar-refractivity contribution in [3.63, 3.8) is 0 Å². The predicted molar refractivity (Wildman–Crippen MR) is 96.0 cm³/mol. The first-order chi connectivity index (χ1) is 12.0. The Balaban J connectivity index is 1.87. The van der Waals surface area contributed by atoms with E-state index in [2.05, 4.69) is 10.2 Å². The molecule has 5 nitrogen and oxygen atoms in total. The van der Waals surface area contributed by atoms with Crippen LogP contribution < -0.4 is 4.80 Å². The van der Waals surface area contributed by atoms with Crippen molar-refractivity contribution in [1.29, 1.82) is 0 Å². The van der Waals surface area contributed by atoms with Crippen molar-refractivity contribution >= 4 is 37.1 Å². The van der Waals surface area contributed by atoms with Gasteiger partial charge < -0.3 is 4.57 Å². The molecule has 8 heteroatoms. The summed E-state index contributed by atoms with van der Waals surface area (Å²) in [7, 11) is -1.50. The topological polar surface area (TPSA) is 63.8 Å². The molecule has 0 bridgehead atoms. The minimum absolute atomic E-state index is 0.0431. The molecule has 0 spiro atoms. The zero-order valence-electron chi connectivity index (χ0n) is 13.3. The third kappa shape index (κ3) is 2.81. The Kier molecular flexibility index (Phi) is 3.81. The van der Waals surface area contributed by atoms with Crippen molar-refractivity contribution in [1.82, 2.24) is 4.57 Å². The number of fused-ring (bicyclic) bond motifs is 2. The first-order valence-electron chi connectivity index (χ1n) is 7.63. The van der Waals surface area contributed by atoms with E-state index in [0.29, 0.717) is 16.1 Å². The second-order valence-corrected chi connectivity index (χ2v) is 8.85. The van der Waals surface area contributed by atoms with Crippen LogP contribution in [0.25, 0.3) is 10.2 Å². The van der Waals surface area contributed by atoms with Crippen molar-refractivity contribution < 1.29 is 12.8 Å². The number of thiazole rings is 1.